The van der Waals surface area contributed by atoms with Crippen LogP contribution in [0.4, 0.5) is 0 Å². The van der Waals surface area contributed by atoms with Gasteiger partial charge in [0.15, 0.2) is 0 Å². The lowest BCUT2D eigenvalue weighted by Crippen LogP contribution is -2.49. The Bertz CT molecular complexity index is 189. The van der Waals surface area contributed by atoms with E-state index in [0.717, 1.165) is 0 Å². The molecule has 4 nitrogen and oxygen atoms in total. The summed E-state index contributed by atoms with van der Waals surface area (Å²) in [5.41, 5.74) is 0. The Kier molecular flexibility index (Phi) is 1.20. The fourth-order valence-corrected chi connectivity index (χ4v) is 1.16. The summed E-state index contributed by atoms with van der Waals surface area (Å²) < 4.78 is 0. The van der Waals surface area contributed by atoms with Gasteiger partial charge in [-0.15, -0.1) is 0 Å². The van der Waals surface area contributed by atoms with Crippen molar-refractivity contribution in [2.24, 2.45) is 4.99 Å². The largest absolute Gasteiger partial charge is 0.348 e. The van der Waals surface area contributed by atoms with Crippen molar-refractivity contribution in [3.05, 3.63) is 6.54 Å². The number of amides is 1. The average Bonchev–Trinajstić information content (AvgIpc) is 2.33. The van der Waals surface area contributed by atoms with Gasteiger partial charge in [0.2, 0.25) is 5.91 Å². The average molecular weight is 138 g/mol. The molecule has 0 aromatic heterocycles. The molecular formula is C6H8N3O. The zero-order valence-corrected chi connectivity index (χ0v) is 5.45. The molecule has 0 aromatic rings. The maximum atomic E-state index is 10.8. The highest BCUT2D eigenvalue weighted by atomic mass is 16.2. The number of hydrogen-bond acceptors (Lipinski definition) is 3. The standard InChI is InChI=1S/C6H8N3O/c10-6-3-9-4-7-1-5(9)2-8-6/h1-2,5H,3-4H2,(H,8,10). The molecule has 0 spiro atoms. The van der Waals surface area contributed by atoms with Crippen molar-refractivity contribution in [2.45, 2.75) is 6.04 Å². The highest BCUT2D eigenvalue weighted by Gasteiger charge is 2.27. The summed E-state index contributed by atoms with van der Waals surface area (Å²) in [4.78, 5) is 16.8. The predicted molar refractivity (Wildman–Crippen MR) is 36.3 cm³/mol. The molecule has 2 aliphatic heterocycles. The first-order valence-corrected chi connectivity index (χ1v) is 3.23. The number of hydrogen-bond donors (Lipinski definition) is 1. The molecule has 0 aromatic carbocycles. The highest BCUT2D eigenvalue weighted by Crippen LogP contribution is 2.09. The quantitative estimate of drug-likeness (QED) is 0.466. The maximum Gasteiger partial charge on any atom is 0.234 e. The van der Waals surface area contributed by atoms with Crippen LogP contribution in [-0.4, -0.2) is 36.3 Å². The van der Waals surface area contributed by atoms with Crippen molar-refractivity contribution >= 4 is 12.1 Å². The van der Waals surface area contributed by atoms with Gasteiger partial charge in [-0.1, -0.05) is 0 Å². The van der Waals surface area contributed by atoms with Crippen LogP contribution in [0.2, 0.25) is 0 Å². The van der Waals surface area contributed by atoms with Crippen molar-refractivity contribution in [1.29, 1.82) is 0 Å². The number of carbonyl (C=O) groups excluding carboxylic acids is 1. The molecule has 1 radical (unpaired) electrons. The van der Waals surface area contributed by atoms with E-state index in [0.29, 0.717) is 13.2 Å². The van der Waals surface area contributed by atoms with Crippen LogP contribution in [0.15, 0.2) is 4.99 Å². The summed E-state index contributed by atoms with van der Waals surface area (Å²) in [6, 6.07) is 0.234. The minimum Gasteiger partial charge on any atom is -0.348 e. The first-order valence-electron chi connectivity index (χ1n) is 3.23. The topological polar surface area (TPSA) is 44.7 Å². The van der Waals surface area contributed by atoms with Crippen molar-refractivity contribution in [3.63, 3.8) is 0 Å². The van der Waals surface area contributed by atoms with E-state index in [1.165, 1.54) is 0 Å². The third-order valence-corrected chi connectivity index (χ3v) is 1.70. The van der Waals surface area contributed by atoms with Crippen LogP contribution in [0, 0.1) is 6.54 Å². The fourth-order valence-electron chi connectivity index (χ4n) is 1.16. The molecule has 1 atom stereocenters. The molecule has 0 saturated carbocycles. The lowest BCUT2D eigenvalue weighted by Gasteiger charge is -2.26. The molecule has 2 aliphatic rings. The summed E-state index contributed by atoms with van der Waals surface area (Å²) in [5, 5.41) is 2.66. The molecule has 2 rings (SSSR count). The molecule has 2 heterocycles. The first-order chi connectivity index (χ1) is 4.86. The molecule has 0 aliphatic carbocycles. The second kappa shape index (κ2) is 2.05. The summed E-state index contributed by atoms with van der Waals surface area (Å²) in [7, 11) is 0. The van der Waals surface area contributed by atoms with Crippen LogP contribution >= 0.6 is 0 Å². The first kappa shape index (κ1) is 5.85. The van der Waals surface area contributed by atoms with Gasteiger partial charge in [0.1, 0.15) is 0 Å². The molecule has 1 unspecified atom stereocenters. The van der Waals surface area contributed by atoms with Crippen molar-refractivity contribution in [1.82, 2.24) is 10.2 Å². The van der Waals surface area contributed by atoms with Gasteiger partial charge in [0, 0.05) is 6.21 Å². The van der Waals surface area contributed by atoms with Gasteiger partial charge in [0.05, 0.1) is 25.8 Å². The van der Waals surface area contributed by atoms with E-state index in [1.807, 2.05) is 11.1 Å². The van der Waals surface area contributed by atoms with Gasteiger partial charge in [-0.2, -0.15) is 0 Å². The zero-order valence-electron chi connectivity index (χ0n) is 5.45. The predicted octanol–water partition coefficient (Wildman–Crippen LogP) is -1.01. The second-order valence-corrected chi connectivity index (χ2v) is 2.44. The third kappa shape index (κ3) is 0.806. The van der Waals surface area contributed by atoms with Crippen LogP contribution in [0.25, 0.3) is 0 Å². The van der Waals surface area contributed by atoms with E-state index in [2.05, 4.69) is 10.3 Å². The fraction of sp³-hybridized carbons (Fsp3) is 0.500. The van der Waals surface area contributed by atoms with Gasteiger partial charge < -0.3 is 5.32 Å². The van der Waals surface area contributed by atoms with E-state index >= 15 is 0 Å². The van der Waals surface area contributed by atoms with Crippen molar-refractivity contribution < 1.29 is 4.79 Å². The van der Waals surface area contributed by atoms with E-state index in [1.54, 1.807) is 6.54 Å². The van der Waals surface area contributed by atoms with Gasteiger partial charge >= 0.3 is 0 Å². The van der Waals surface area contributed by atoms with Crippen LogP contribution in [-0.2, 0) is 4.79 Å². The number of nitrogens with one attached hydrogen (secondary N) is 1. The summed E-state index contributed by atoms with van der Waals surface area (Å²) >= 11 is 0. The van der Waals surface area contributed by atoms with E-state index < -0.39 is 0 Å². The molecule has 1 N–H and O–H groups in total. The van der Waals surface area contributed by atoms with E-state index in [9.17, 15) is 4.79 Å². The van der Waals surface area contributed by atoms with Gasteiger partial charge in [0.25, 0.3) is 0 Å². The van der Waals surface area contributed by atoms with Crippen LogP contribution < -0.4 is 5.32 Å². The second-order valence-electron chi connectivity index (χ2n) is 2.44. The zero-order chi connectivity index (χ0) is 6.97. The Labute approximate surface area is 58.9 Å². The lowest BCUT2D eigenvalue weighted by molar-refractivity contribution is -0.123. The smallest absolute Gasteiger partial charge is 0.234 e. The van der Waals surface area contributed by atoms with Crippen LogP contribution in [0.1, 0.15) is 0 Å². The number of nitrogens with zero attached hydrogens (tertiary/aromatic N) is 2. The monoisotopic (exact) mass is 138 g/mol. The highest BCUT2D eigenvalue weighted by molar-refractivity contribution is 5.83. The molecule has 0 bridgehead atoms. The van der Waals surface area contributed by atoms with Gasteiger partial charge in [-0.3, -0.25) is 14.7 Å². The van der Waals surface area contributed by atoms with Gasteiger partial charge in [-0.25, -0.2) is 0 Å². The van der Waals surface area contributed by atoms with Crippen LogP contribution in [0.5, 0.6) is 0 Å². The summed E-state index contributed by atoms with van der Waals surface area (Å²) in [6.07, 6.45) is 1.85. The van der Waals surface area contributed by atoms with Crippen molar-refractivity contribution in [2.75, 3.05) is 13.2 Å². The normalized spacial score (nSPS) is 32.0. The Balaban J connectivity index is 2.07. The molecule has 53 valence electrons. The minimum absolute atomic E-state index is 0.0572. The molecule has 10 heavy (non-hydrogen) atoms. The Hall–Kier alpha value is -0.900. The number of carbonyl (C=O) groups is 1. The van der Waals surface area contributed by atoms with E-state index in [4.69, 9.17) is 0 Å². The molecule has 1 saturated heterocycles. The lowest BCUT2D eigenvalue weighted by atomic mass is 10.2. The minimum atomic E-state index is 0.0572. The number of fused-ring (bicyclic) bond motifs is 1. The van der Waals surface area contributed by atoms with E-state index in [-0.39, 0.29) is 11.9 Å². The maximum absolute atomic E-state index is 10.8. The molecule has 1 amide bonds. The Morgan fingerprint density at radius 3 is 3.60 bits per heavy atom. The number of aliphatic imine (C=N–C) groups is 1. The number of piperazine rings is 1. The SMILES string of the molecule is O=C1CN2CN=CC2[CH]N1. The number of rotatable bonds is 0. The summed E-state index contributed by atoms with van der Waals surface area (Å²) in [5.74, 6) is 0.0572. The Morgan fingerprint density at radius 2 is 2.70 bits per heavy atom. The third-order valence-electron chi connectivity index (χ3n) is 1.70. The molecular weight excluding hydrogens is 130 g/mol. The molecule has 4 heteroatoms. The van der Waals surface area contributed by atoms with Gasteiger partial charge in [-0.05, 0) is 0 Å². The Morgan fingerprint density at radius 1 is 1.80 bits per heavy atom. The summed E-state index contributed by atoms with van der Waals surface area (Å²) in [6.45, 7) is 2.90. The van der Waals surface area contributed by atoms with Crippen LogP contribution in [0.3, 0.4) is 0 Å². The van der Waals surface area contributed by atoms with Crippen molar-refractivity contribution in [3.8, 4) is 0 Å². The molecule has 1 fully saturated rings.